The average molecular weight is 292 g/mol. The predicted octanol–water partition coefficient (Wildman–Crippen LogP) is 1.49. The standard InChI is InChI=1S/C14H4N4S2/c15-5-9(6-16)11-1-3-13(19-11)14-4-2-12(20-14)10(7-17)8-18/h1-4H/b14-13-. The van der Waals surface area contributed by atoms with Gasteiger partial charge in [-0.05, 0) is 24.3 Å². The smallest absolute Gasteiger partial charge is 0.146 e. The fourth-order valence-corrected chi connectivity index (χ4v) is 3.47. The van der Waals surface area contributed by atoms with Crippen LogP contribution in [0.25, 0.3) is 11.1 Å². The SMILES string of the molecule is N#CC(C#N)=c1cc/c(=c2\ccc(=C(C#N)C#N)s2)s1. The van der Waals surface area contributed by atoms with Crippen molar-refractivity contribution in [1.82, 2.24) is 0 Å². The first-order valence-electron chi connectivity index (χ1n) is 5.28. The van der Waals surface area contributed by atoms with Gasteiger partial charge in [-0.2, -0.15) is 21.0 Å². The fraction of sp³-hybridized carbons (Fsp3) is 0. The molecule has 0 saturated carbocycles. The first-order chi connectivity index (χ1) is 9.73. The molecule has 2 heterocycles. The van der Waals surface area contributed by atoms with E-state index in [2.05, 4.69) is 0 Å². The summed E-state index contributed by atoms with van der Waals surface area (Å²) in [5.41, 5.74) is 0.165. The van der Waals surface area contributed by atoms with Gasteiger partial charge in [0, 0.05) is 9.06 Å². The van der Waals surface area contributed by atoms with Crippen LogP contribution in [0.5, 0.6) is 0 Å². The topological polar surface area (TPSA) is 95.2 Å². The van der Waals surface area contributed by atoms with Gasteiger partial charge in [-0.3, -0.25) is 0 Å². The first-order valence-corrected chi connectivity index (χ1v) is 6.92. The Labute approximate surface area is 121 Å². The Hall–Kier alpha value is -2.90. The molecule has 6 heteroatoms. The lowest BCUT2D eigenvalue weighted by Crippen LogP contribution is -1.94. The summed E-state index contributed by atoms with van der Waals surface area (Å²) in [6.45, 7) is 0. The predicted molar refractivity (Wildman–Crippen MR) is 74.8 cm³/mol. The van der Waals surface area contributed by atoms with Crippen molar-refractivity contribution in [3.8, 4) is 24.3 Å². The van der Waals surface area contributed by atoms with Gasteiger partial charge in [0.05, 0.1) is 9.06 Å². The van der Waals surface area contributed by atoms with E-state index in [1.807, 2.05) is 36.4 Å². The molecule has 0 aliphatic rings. The van der Waals surface area contributed by atoms with Crippen LogP contribution in [0.3, 0.4) is 0 Å². The molecule has 0 aromatic carbocycles. The minimum absolute atomic E-state index is 0.0827. The van der Waals surface area contributed by atoms with Crippen molar-refractivity contribution in [3.05, 3.63) is 42.4 Å². The Morgan fingerprint density at radius 2 is 1.00 bits per heavy atom. The molecule has 2 aromatic heterocycles. The van der Waals surface area contributed by atoms with Crippen molar-refractivity contribution in [3.63, 3.8) is 0 Å². The van der Waals surface area contributed by atoms with Crippen LogP contribution in [-0.4, -0.2) is 0 Å². The molecule has 0 aliphatic heterocycles. The first kappa shape index (κ1) is 13.5. The highest BCUT2D eigenvalue weighted by Gasteiger charge is 1.99. The Morgan fingerprint density at radius 3 is 1.30 bits per heavy atom. The third kappa shape index (κ3) is 2.44. The normalized spacial score (nSPS) is 10.6. The van der Waals surface area contributed by atoms with Gasteiger partial charge in [0.25, 0.3) is 0 Å². The molecule has 4 nitrogen and oxygen atoms in total. The van der Waals surface area contributed by atoms with Crippen LogP contribution >= 0.6 is 22.7 Å². The Bertz CT molecular complexity index is 925. The van der Waals surface area contributed by atoms with E-state index in [0.29, 0.717) is 9.06 Å². The molecule has 0 unspecified atom stereocenters. The van der Waals surface area contributed by atoms with E-state index in [0.717, 1.165) is 9.06 Å². The number of nitriles is 4. The van der Waals surface area contributed by atoms with Gasteiger partial charge in [-0.25, -0.2) is 0 Å². The summed E-state index contributed by atoms with van der Waals surface area (Å²) in [6.07, 6.45) is 0. The monoisotopic (exact) mass is 292 g/mol. The molecule has 0 N–H and O–H groups in total. The summed E-state index contributed by atoms with van der Waals surface area (Å²) in [4.78, 5) is 0. The molecule has 0 radical (unpaired) electrons. The molecule has 0 aliphatic carbocycles. The second-order valence-corrected chi connectivity index (χ2v) is 5.69. The summed E-state index contributed by atoms with van der Waals surface area (Å²) in [5.74, 6) is 0. The van der Waals surface area contributed by atoms with Crippen LogP contribution in [-0.2, 0) is 0 Å². The van der Waals surface area contributed by atoms with E-state index in [-0.39, 0.29) is 11.1 Å². The summed E-state index contributed by atoms with van der Waals surface area (Å²) < 4.78 is 3.03. The lowest BCUT2D eigenvalue weighted by Gasteiger charge is -1.75. The number of rotatable bonds is 0. The zero-order valence-electron chi connectivity index (χ0n) is 9.91. The third-order valence-corrected chi connectivity index (χ3v) is 4.80. The molecule has 0 bridgehead atoms. The summed E-state index contributed by atoms with van der Waals surface area (Å²) in [6, 6.07) is 14.5. The maximum absolute atomic E-state index is 8.82. The quantitative estimate of drug-likeness (QED) is 0.735. The zero-order valence-corrected chi connectivity index (χ0v) is 11.5. The Balaban J connectivity index is 2.84. The van der Waals surface area contributed by atoms with Crippen molar-refractivity contribution in [1.29, 1.82) is 21.0 Å². The van der Waals surface area contributed by atoms with Gasteiger partial charge in [-0.15, -0.1) is 22.7 Å². The molecule has 92 valence electrons. The Morgan fingerprint density at radius 1 is 0.650 bits per heavy atom. The minimum Gasteiger partial charge on any atom is -0.192 e. The summed E-state index contributed by atoms with van der Waals surface area (Å²) >= 11 is 2.67. The molecular formula is C14H4N4S2. The molecule has 0 saturated heterocycles. The Kier molecular flexibility index (Phi) is 3.94. The third-order valence-electron chi connectivity index (χ3n) is 2.39. The molecule has 20 heavy (non-hydrogen) atoms. The van der Waals surface area contributed by atoms with E-state index in [1.54, 1.807) is 12.1 Å². The second kappa shape index (κ2) is 5.83. The van der Waals surface area contributed by atoms with Crippen molar-refractivity contribution >= 4 is 33.8 Å². The van der Waals surface area contributed by atoms with Gasteiger partial charge in [0.15, 0.2) is 0 Å². The van der Waals surface area contributed by atoms with Crippen LogP contribution < -0.4 is 9.06 Å². The highest BCUT2D eigenvalue weighted by atomic mass is 32.1. The lowest BCUT2D eigenvalue weighted by atomic mass is 10.3. The van der Waals surface area contributed by atoms with Gasteiger partial charge in [0.1, 0.15) is 35.4 Å². The van der Waals surface area contributed by atoms with Gasteiger partial charge in [-0.1, -0.05) is 0 Å². The molecule has 0 amide bonds. The highest BCUT2D eigenvalue weighted by molar-refractivity contribution is 7.11. The van der Waals surface area contributed by atoms with Crippen molar-refractivity contribution < 1.29 is 0 Å². The zero-order chi connectivity index (χ0) is 14.5. The molecular weight excluding hydrogens is 288 g/mol. The lowest BCUT2D eigenvalue weighted by molar-refractivity contribution is 1.51. The highest BCUT2D eigenvalue weighted by Crippen LogP contribution is 2.05. The van der Waals surface area contributed by atoms with Crippen molar-refractivity contribution in [2.45, 2.75) is 0 Å². The van der Waals surface area contributed by atoms with Gasteiger partial charge < -0.3 is 0 Å². The van der Waals surface area contributed by atoms with Crippen LogP contribution in [0.4, 0.5) is 0 Å². The van der Waals surface area contributed by atoms with Gasteiger partial charge >= 0.3 is 0 Å². The molecule has 2 rings (SSSR count). The number of nitrogens with zero attached hydrogens (tertiary/aromatic N) is 4. The van der Waals surface area contributed by atoms with E-state index in [4.69, 9.17) is 21.0 Å². The van der Waals surface area contributed by atoms with Gasteiger partial charge in [0.2, 0.25) is 0 Å². The van der Waals surface area contributed by atoms with Crippen LogP contribution in [0.15, 0.2) is 24.3 Å². The van der Waals surface area contributed by atoms with Crippen LogP contribution in [0.2, 0.25) is 0 Å². The maximum atomic E-state index is 8.82. The molecule has 2 aromatic rings. The fourth-order valence-electron chi connectivity index (χ4n) is 1.48. The minimum atomic E-state index is 0.0827. The van der Waals surface area contributed by atoms with Crippen LogP contribution in [0.1, 0.15) is 0 Å². The van der Waals surface area contributed by atoms with Crippen molar-refractivity contribution in [2.24, 2.45) is 0 Å². The number of hydrogen-bond acceptors (Lipinski definition) is 6. The summed E-state index contributed by atoms with van der Waals surface area (Å²) in [5, 5.41) is 35.3. The number of thiophene rings is 2. The largest absolute Gasteiger partial charge is 0.192 e. The van der Waals surface area contributed by atoms with Crippen LogP contribution in [0, 0.1) is 54.4 Å². The average Bonchev–Trinajstić information content (AvgIpc) is 3.11. The maximum Gasteiger partial charge on any atom is 0.146 e. The van der Waals surface area contributed by atoms with E-state index in [1.165, 1.54) is 22.7 Å². The molecule has 0 atom stereocenters. The van der Waals surface area contributed by atoms with E-state index in [9.17, 15) is 0 Å². The second-order valence-electron chi connectivity index (χ2n) is 3.53. The van der Waals surface area contributed by atoms with E-state index < -0.39 is 0 Å². The van der Waals surface area contributed by atoms with E-state index >= 15 is 0 Å². The molecule has 0 fully saturated rings. The number of hydrogen-bond donors (Lipinski definition) is 0. The van der Waals surface area contributed by atoms with Crippen molar-refractivity contribution in [2.75, 3.05) is 0 Å². The summed E-state index contributed by atoms with van der Waals surface area (Å²) in [7, 11) is 0. The molecule has 0 spiro atoms.